The van der Waals surface area contributed by atoms with Gasteiger partial charge in [-0.25, -0.2) is 8.78 Å². The summed E-state index contributed by atoms with van der Waals surface area (Å²) in [7, 11) is 0. The van der Waals surface area contributed by atoms with E-state index in [4.69, 9.17) is 5.73 Å². The monoisotopic (exact) mass is 173 g/mol. The van der Waals surface area contributed by atoms with E-state index in [0.717, 1.165) is 0 Å². The van der Waals surface area contributed by atoms with Crippen LogP contribution in [-0.2, 0) is 4.74 Å². The fourth-order valence-electron chi connectivity index (χ4n) is 0.857. The van der Waals surface area contributed by atoms with Gasteiger partial charge in [-0.05, 0) is 6.42 Å². The first kappa shape index (κ1) is 10.1. The Labute approximate surface area is 64.1 Å². The van der Waals surface area contributed by atoms with Crippen LogP contribution in [0.4, 0.5) is 8.78 Å². The Morgan fingerprint density at radius 3 is 2.30 bits per heavy atom. The lowest BCUT2D eigenvalue weighted by molar-refractivity contribution is -0.0220. The molecule has 5 heteroatoms. The third kappa shape index (κ3) is 2.36. The minimum atomic E-state index is -2.38. The average Bonchev–Trinajstić information content (AvgIpc) is 2.14. The molecule has 1 aliphatic heterocycles. The van der Waals surface area contributed by atoms with Gasteiger partial charge in [0.15, 0.2) is 0 Å². The van der Waals surface area contributed by atoms with E-state index in [-0.39, 0.29) is 31.5 Å². The molecule has 1 saturated heterocycles. The zero-order valence-electron chi connectivity index (χ0n) is 5.30. The van der Waals surface area contributed by atoms with Crippen molar-refractivity contribution in [2.24, 2.45) is 5.73 Å². The molecule has 0 amide bonds. The first-order chi connectivity index (χ1) is 4.20. The van der Waals surface area contributed by atoms with Crippen LogP contribution in [0.15, 0.2) is 0 Å². The molecular formula is C5H10ClF2NO. The summed E-state index contributed by atoms with van der Waals surface area (Å²) in [6, 6.07) is -0.191. The van der Waals surface area contributed by atoms with Crippen molar-refractivity contribution >= 4 is 12.4 Å². The third-order valence-electron chi connectivity index (χ3n) is 1.34. The van der Waals surface area contributed by atoms with Crippen molar-refractivity contribution in [3.8, 4) is 0 Å². The molecule has 0 spiro atoms. The van der Waals surface area contributed by atoms with Crippen LogP contribution in [-0.4, -0.2) is 25.2 Å². The molecule has 10 heavy (non-hydrogen) atoms. The van der Waals surface area contributed by atoms with Crippen LogP contribution in [0.1, 0.15) is 6.42 Å². The van der Waals surface area contributed by atoms with Crippen molar-refractivity contribution in [1.82, 2.24) is 0 Å². The first-order valence-electron chi connectivity index (χ1n) is 2.85. The maximum atomic E-state index is 11.7. The lowest BCUT2D eigenvalue weighted by Crippen LogP contribution is -2.21. The van der Waals surface area contributed by atoms with E-state index in [9.17, 15) is 8.78 Å². The highest BCUT2D eigenvalue weighted by molar-refractivity contribution is 5.85. The van der Waals surface area contributed by atoms with Crippen LogP contribution in [0, 0.1) is 0 Å². The fraction of sp³-hybridized carbons (Fsp3) is 1.00. The van der Waals surface area contributed by atoms with Crippen LogP contribution < -0.4 is 5.73 Å². The molecule has 0 saturated carbocycles. The molecule has 0 aromatic carbocycles. The van der Waals surface area contributed by atoms with Crippen LogP contribution in [0.2, 0.25) is 0 Å². The fourth-order valence-corrected chi connectivity index (χ4v) is 0.857. The highest BCUT2D eigenvalue weighted by Crippen LogP contribution is 2.17. The second kappa shape index (κ2) is 4.05. The molecule has 0 aromatic heterocycles. The standard InChI is InChI=1S/C5H9F2NO.ClH/c6-5(7)4-1-3(8)2-9-4;/h3-5H,1-2,8H2;1H. The van der Waals surface area contributed by atoms with Gasteiger partial charge in [0.25, 0.3) is 6.43 Å². The van der Waals surface area contributed by atoms with E-state index in [1.807, 2.05) is 0 Å². The summed E-state index contributed by atoms with van der Waals surface area (Å²) in [6.07, 6.45) is -3.00. The molecule has 0 bridgehead atoms. The second-order valence-electron chi connectivity index (χ2n) is 2.20. The van der Waals surface area contributed by atoms with Crippen molar-refractivity contribution in [3.63, 3.8) is 0 Å². The summed E-state index contributed by atoms with van der Waals surface area (Å²) in [5.74, 6) is 0. The summed E-state index contributed by atoms with van der Waals surface area (Å²) in [4.78, 5) is 0. The largest absolute Gasteiger partial charge is 0.371 e. The van der Waals surface area contributed by atoms with Gasteiger partial charge in [-0.1, -0.05) is 0 Å². The Morgan fingerprint density at radius 1 is 1.50 bits per heavy atom. The molecule has 62 valence electrons. The minimum absolute atomic E-state index is 0. The van der Waals surface area contributed by atoms with E-state index >= 15 is 0 Å². The lowest BCUT2D eigenvalue weighted by atomic mass is 10.2. The molecule has 0 aromatic rings. The van der Waals surface area contributed by atoms with Gasteiger partial charge in [0.2, 0.25) is 0 Å². The van der Waals surface area contributed by atoms with E-state index in [1.54, 1.807) is 0 Å². The van der Waals surface area contributed by atoms with Gasteiger partial charge >= 0.3 is 0 Å². The Balaban J connectivity index is 0.000000810. The normalized spacial score (nSPS) is 32.4. The molecule has 0 radical (unpaired) electrons. The molecule has 2 N–H and O–H groups in total. The maximum absolute atomic E-state index is 11.7. The Hall–Kier alpha value is 0.0700. The number of ether oxygens (including phenoxy) is 1. The predicted molar refractivity (Wildman–Crippen MR) is 35.6 cm³/mol. The van der Waals surface area contributed by atoms with Gasteiger partial charge in [0, 0.05) is 6.04 Å². The molecule has 2 unspecified atom stereocenters. The van der Waals surface area contributed by atoms with Gasteiger partial charge in [-0.2, -0.15) is 0 Å². The molecule has 2 atom stereocenters. The summed E-state index contributed by atoms with van der Waals surface area (Å²) in [5.41, 5.74) is 5.30. The van der Waals surface area contributed by atoms with E-state index in [1.165, 1.54) is 0 Å². The zero-order chi connectivity index (χ0) is 6.85. The molecule has 2 nitrogen and oxygen atoms in total. The molecule has 1 aliphatic rings. The van der Waals surface area contributed by atoms with Crippen LogP contribution in [0.3, 0.4) is 0 Å². The summed E-state index contributed by atoms with van der Waals surface area (Å²) >= 11 is 0. The topological polar surface area (TPSA) is 35.2 Å². The maximum Gasteiger partial charge on any atom is 0.264 e. The van der Waals surface area contributed by atoms with E-state index < -0.39 is 12.5 Å². The molecule has 0 aliphatic carbocycles. The average molecular weight is 174 g/mol. The molecule has 1 rings (SSSR count). The third-order valence-corrected chi connectivity index (χ3v) is 1.34. The second-order valence-corrected chi connectivity index (χ2v) is 2.20. The van der Waals surface area contributed by atoms with Crippen LogP contribution in [0.5, 0.6) is 0 Å². The summed E-state index contributed by atoms with van der Waals surface area (Å²) in [5, 5.41) is 0. The number of nitrogens with two attached hydrogens (primary N) is 1. The van der Waals surface area contributed by atoms with Crippen molar-refractivity contribution < 1.29 is 13.5 Å². The summed E-state index contributed by atoms with van der Waals surface area (Å²) in [6.45, 7) is 0.273. The summed E-state index contributed by atoms with van der Waals surface area (Å²) < 4.78 is 28.1. The molecule has 1 fully saturated rings. The van der Waals surface area contributed by atoms with Crippen LogP contribution in [0.25, 0.3) is 0 Å². The highest BCUT2D eigenvalue weighted by Gasteiger charge is 2.29. The number of alkyl halides is 2. The van der Waals surface area contributed by atoms with Gasteiger partial charge in [0.1, 0.15) is 6.10 Å². The van der Waals surface area contributed by atoms with Crippen molar-refractivity contribution in [3.05, 3.63) is 0 Å². The van der Waals surface area contributed by atoms with Gasteiger partial charge in [-0.3, -0.25) is 0 Å². The quantitative estimate of drug-likeness (QED) is 0.637. The number of hydrogen-bond donors (Lipinski definition) is 1. The first-order valence-corrected chi connectivity index (χ1v) is 2.85. The molecule has 1 heterocycles. The minimum Gasteiger partial charge on any atom is -0.371 e. The zero-order valence-corrected chi connectivity index (χ0v) is 6.11. The Morgan fingerprint density at radius 2 is 2.10 bits per heavy atom. The number of hydrogen-bond acceptors (Lipinski definition) is 2. The van der Waals surface area contributed by atoms with Crippen molar-refractivity contribution in [2.75, 3.05) is 6.61 Å². The van der Waals surface area contributed by atoms with E-state index in [2.05, 4.69) is 4.74 Å². The van der Waals surface area contributed by atoms with Gasteiger partial charge < -0.3 is 10.5 Å². The number of halogens is 3. The number of rotatable bonds is 1. The Kier molecular flexibility index (Phi) is 4.08. The highest BCUT2D eigenvalue weighted by atomic mass is 35.5. The SMILES string of the molecule is Cl.NC1COC(C(F)F)C1. The molecular weight excluding hydrogens is 164 g/mol. The predicted octanol–water partition coefficient (Wildman–Crippen LogP) is 0.789. The lowest BCUT2D eigenvalue weighted by Gasteiger charge is -2.05. The smallest absolute Gasteiger partial charge is 0.264 e. The van der Waals surface area contributed by atoms with Crippen molar-refractivity contribution in [1.29, 1.82) is 0 Å². The van der Waals surface area contributed by atoms with Crippen LogP contribution >= 0.6 is 12.4 Å². The van der Waals surface area contributed by atoms with E-state index in [0.29, 0.717) is 0 Å². The van der Waals surface area contributed by atoms with Crippen molar-refractivity contribution in [2.45, 2.75) is 25.0 Å². The van der Waals surface area contributed by atoms with Gasteiger partial charge in [0.05, 0.1) is 6.61 Å². The van der Waals surface area contributed by atoms with Gasteiger partial charge in [-0.15, -0.1) is 12.4 Å². The Bertz CT molecular complexity index is 104.